The van der Waals surface area contributed by atoms with Crippen LogP contribution in [0.5, 0.6) is 0 Å². The molecule has 0 fully saturated rings. The van der Waals surface area contributed by atoms with Crippen LogP contribution in [0.15, 0.2) is 91.0 Å². The van der Waals surface area contributed by atoms with Gasteiger partial charge in [-0.1, -0.05) is 54.6 Å². The molecule has 0 saturated heterocycles. The van der Waals surface area contributed by atoms with E-state index in [1.165, 1.54) is 15.9 Å². The van der Waals surface area contributed by atoms with Gasteiger partial charge in [0.2, 0.25) is 0 Å². The van der Waals surface area contributed by atoms with Gasteiger partial charge in [0, 0.05) is 13.6 Å². The molecule has 0 heterocycles. The van der Waals surface area contributed by atoms with Gasteiger partial charge >= 0.3 is 0 Å². The average molecular weight is 424 g/mol. The zero-order valence-electron chi connectivity index (χ0n) is 15.1. The summed E-state index contributed by atoms with van der Waals surface area (Å²) in [5, 5.41) is 3.89. The smallest absolute Gasteiger partial charge is 0.191 e. The van der Waals surface area contributed by atoms with Crippen molar-refractivity contribution in [2.45, 2.75) is 6.92 Å². The third kappa shape index (κ3) is 4.18. The lowest BCUT2D eigenvalue weighted by Crippen LogP contribution is -3.00. The Hall–Kier alpha value is -2.07. The van der Waals surface area contributed by atoms with Crippen LogP contribution in [0.1, 0.15) is 6.92 Å². The number of benzene rings is 3. The minimum atomic E-state index is -2.02. The van der Waals surface area contributed by atoms with Gasteiger partial charge in [-0.2, -0.15) is 0 Å². The maximum atomic E-state index is 3.72. The number of nitrogens with zero attached hydrogens (tertiary/aromatic N) is 1. The summed E-state index contributed by atoms with van der Waals surface area (Å²) in [6, 6.07) is 35.6. The van der Waals surface area contributed by atoms with Crippen molar-refractivity contribution in [3.05, 3.63) is 91.0 Å². The third-order valence-electron chi connectivity index (χ3n) is 4.31. The molecule has 0 N–H and O–H groups in total. The van der Waals surface area contributed by atoms with Crippen LogP contribution >= 0.6 is 7.26 Å². The molecule has 3 heteroatoms. The molecule has 0 aliphatic rings. The van der Waals surface area contributed by atoms with Gasteiger partial charge in [-0.15, -0.1) is 0 Å². The Morgan fingerprint density at radius 1 is 0.692 bits per heavy atom. The van der Waals surface area contributed by atoms with Gasteiger partial charge in [-0.3, -0.25) is 0 Å². The lowest BCUT2D eigenvalue weighted by atomic mass is 10.4. The molecule has 0 aromatic heterocycles. The van der Waals surface area contributed by atoms with Gasteiger partial charge in [0.1, 0.15) is 21.6 Å². The van der Waals surface area contributed by atoms with Crippen LogP contribution < -0.4 is 32.9 Å². The van der Waals surface area contributed by atoms with E-state index in [1.807, 2.05) is 7.05 Å². The van der Waals surface area contributed by atoms with Gasteiger partial charge < -0.3 is 21.9 Å². The molecule has 0 atom stereocenters. The minimum absolute atomic E-state index is 0. The Morgan fingerprint density at radius 2 is 1.04 bits per heavy atom. The fourth-order valence-corrected chi connectivity index (χ4v) is 6.30. The molecular weight excluding hydrogens is 401 g/mol. The zero-order valence-corrected chi connectivity index (χ0v) is 17.6. The number of hydrogen-bond acceptors (Lipinski definition) is 1. The molecule has 26 heavy (non-hydrogen) atoms. The highest BCUT2D eigenvalue weighted by atomic mass is 79.9. The Bertz CT molecular complexity index is 758. The molecule has 0 radical (unpaired) electrons. The molecular formula is C23H23BrNP. The summed E-state index contributed by atoms with van der Waals surface area (Å²) in [7, 11) is 0.0212. The average Bonchev–Trinajstić information content (AvgIpc) is 2.71. The molecule has 0 saturated carbocycles. The van der Waals surface area contributed by atoms with Gasteiger partial charge in [0.15, 0.2) is 7.26 Å². The predicted molar refractivity (Wildman–Crippen MR) is 111 cm³/mol. The fourth-order valence-electron chi connectivity index (χ4n) is 2.84. The Kier molecular flexibility index (Phi) is 7.46. The molecule has 132 valence electrons. The molecule has 0 aliphatic carbocycles. The zero-order chi connectivity index (χ0) is 17.5. The van der Waals surface area contributed by atoms with Crippen LogP contribution in [0.2, 0.25) is 0 Å². The Labute approximate surface area is 168 Å². The second-order valence-corrected chi connectivity index (χ2v) is 9.03. The summed E-state index contributed by atoms with van der Waals surface area (Å²) in [4.78, 5) is 2.06. The summed E-state index contributed by atoms with van der Waals surface area (Å²) in [6.45, 7) is 3.04. The number of halogens is 1. The van der Waals surface area contributed by atoms with Gasteiger partial charge in [0.05, 0.1) is 6.04 Å². The standard InChI is InChI=1S/C23H23NP.BrH/c1-3-24(2)19-20-25(21-13-7-4-8-14-21,22-15-9-5-10-16-22)23-17-11-6-12-18-23;/h4-18H,3H2,1-2H3;1H/q+1;/p-1. The second kappa shape index (κ2) is 9.58. The van der Waals surface area contributed by atoms with Crippen molar-refractivity contribution >= 4 is 23.2 Å². The van der Waals surface area contributed by atoms with E-state index in [0.29, 0.717) is 0 Å². The first kappa shape index (κ1) is 20.2. The molecule has 0 aliphatic heterocycles. The first-order chi connectivity index (χ1) is 12.3. The van der Waals surface area contributed by atoms with E-state index in [2.05, 4.69) is 115 Å². The van der Waals surface area contributed by atoms with Gasteiger partial charge in [0.25, 0.3) is 0 Å². The van der Waals surface area contributed by atoms with E-state index in [1.54, 1.807) is 0 Å². The molecule has 3 aromatic rings. The highest BCUT2D eigenvalue weighted by molar-refractivity contribution is 7.99. The van der Waals surface area contributed by atoms with Crippen LogP contribution in [0.4, 0.5) is 0 Å². The maximum absolute atomic E-state index is 3.72. The predicted octanol–water partition coefficient (Wildman–Crippen LogP) is 0.855. The maximum Gasteiger partial charge on any atom is 0.191 e. The molecule has 0 spiro atoms. The third-order valence-corrected chi connectivity index (χ3v) is 7.97. The van der Waals surface area contributed by atoms with Crippen molar-refractivity contribution in [2.24, 2.45) is 0 Å². The van der Waals surface area contributed by atoms with E-state index in [4.69, 9.17) is 0 Å². The van der Waals surface area contributed by atoms with E-state index >= 15 is 0 Å². The SMILES string of the molecule is CCN(C)C#C[P+](c1ccccc1)(c1ccccc1)c1ccccc1.[Br-]. The van der Waals surface area contributed by atoms with Crippen molar-refractivity contribution in [3.8, 4) is 11.7 Å². The Balaban J connectivity index is 0.00000243. The quantitative estimate of drug-likeness (QED) is 0.341. The first-order valence-electron chi connectivity index (χ1n) is 8.57. The van der Waals surface area contributed by atoms with E-state index in [9.17, 15) is 0 Å². The Morgan fingerprint density at radius 3 is 1.35 bits per heavy atom. The number of rotatable bonds is 4. The highest BCUT2D eigenvalue weighted by Gasteiger charge is 2.44. The molecule has 0 amide bonds. The van der Waals surface area contributed by atoms with Crippen LogP contribution in [0.3, 0.4) is 0 Å². The van der Waals surface area contributed by atoms with Crippen molar-refractivity contribution < 1.29 is 17.0 Å². The van der Waals surface area contributed by atoms with E-state index < -0.39 is 7.26 Å². The largest absolute Gasteiger partial charge is 1.00 e. The normalized spacial score (nSPS) is 10.2. The minimum Gasteiger partial charge on any atom is -1.00 e. The highest BCUT2D eigenvalue weighted by Crippen LogP contribution is 2.54. The van der Waals surface area contributed by atoms with Crippen molar-refractivity contribution in [3.63, 3.8) is 0 Å². The molecule has 1 nitrogen and oxygen atoms in total. The van der Waals surface area contributed by atoms with Crippen LogP contribution in [-0.2, 0) is 0 Å². The lowest BCUT2D eigenvalue weighted by Gasteiger charge is -2.21. The van der Waals surface area contributed by atoms with Crippen molar-refractivity contribution in [1.29, 1.82) is 0 Å². The lowest BCUT2D eigenvalue weighted by molar-refractivity contribution is -0.00000493. The summed E-state index contributed by atoms with van der Waals surface area (Å²) in [6.07, 6.45) is 0. The molecule has 0 bridgehead atoms. The number of hydrogen-bond donors (Lipinski definition) is 0. The van der Waals surface area contributed by atoms with Crippen molar-refractivity contribution in [2.75, 3.05) is 13.6 Å². The topological polar surface area (TPSA) is 3.24 Å². The molecule has 3 aromatic carbocycles. The van der Waals surface area contributed by atoms with E-state index in [-0.39, 0.29) is 17.0 Å². The summed E-state index contributed by atoms with van der Waals surface area (Å²) >= 11 is 0. The second-order valence-electron chi connectivity index (χ2n) is 5.92. The van der Waals surface area contributed by atoms with Crippen LogP contribution in [0, 0.1) is 11.7 Å². The monoisotopic (exact) mass is 423 g/mol. The van der Waals surface area contributed by atoms with Crippen molar-refractivity contribution in [1.82, 2.24) is 4.90 Å². The van der Waals surface area contributed by atoms with Crippen LogP contribution in [-0.4, -0.2) is 18.5 Å². The molecule has 0 unspecified atom stereocenters. The fraction of sp³-hybridized carbons (Fsp3) is 0.130. The van der Waals surface area contributed by atoms with Gasteiger partial charge in [-0.25, -0.2) is 0 Å². The van der Waals surface area contributed by atoms with Crippen LogP contribution in [0.25, 0.3) is 0 Å². The summed E-state index contributed by atoms with van der Waals surface area (Å²) in [5.41, 5.74) is 3.72. The molecule has 3 rings (SSSR count). The first-order valence-corrected chi connectivity index (χ1v) is 10.4. The summed E-state index contributed by atoms with van der Waals surface area (Å²) in [5.74, 6) is 0. The van der Waals surface area contributed by atoms with Gasteiger partial charge in [-0.05, 0) is 43.3 Å². The van der Waals surface area contributed by atoms with E-state index in [0.717, 1.165) is 6.54 Å². The summed E-state index contributed by atoms with van der Waals surface area (Å²) < 4.78 is 0.